The van der Waals surface area contributed by atoms with Gasteiger partial charge in [-0.1, -0.05) is 54.6 Å². The zero-order valence-corrected chi connectivity index (χ0v) is 16.4. The van der Waals surface area contributed by atoms with Gasteiger partial charge in [-0.15, -0.1) is 0 Å². The number of hydrogen-bond acceptors (Lipinski definition) is 4. The van der Waals surface area contributed by atoms with E-state index in [1.54, 1.807) is 36.4 Å². The van der Waals surface area contributed by atoms with E-state index in [4.69, 9.17) is 16.3 Å². The topological polar surface area (TPSA) is 35.0 Å². The number of aryl methyl sites for hydroxylation is 1. The van der Waals surface area contributed by atoms with E-state index >= 15 is 0 Å². The first-order chi connectivity index (χ1) is 13.3. The minimum absolute atomic E-state index is 0.313. The first kappa shape index (κ1) is 20.5. The summed E-state index contributed by atoms with van der Waals surface area (Å²) in [6, 6.07) is 13.9. The fraction of sp³-hybridized carbons (Fsp3) is 0.200. The summed E-state index contributed by atoms with van der Waals surface area (Å²) in [6.45, 7) is 1.95. The molecule has 3 nitrogen and oxygen atoms in total. The number of nitrogens with zero attached hydrogens (tertiary/aromatic N) is 2. The summed E-state index contributed by atoms with van der Waals surface area (Å²) in [4.78, 5) is 8.78. The molecule has 0 saturated heterocycles. The van der Waals surface area contributed by atoms with E-state index in [2.05, 4.69) is 9.97 Å². The standard InChI is InChI=1S/C20H16ClF3N2OS/c1-2-16-11-18(27-17-8-4-7-15(21)10-17)26-19(25-16)28-12-13-5-3-6-14(9-13)20(22,23)24/h3-11H,2,12H2,1H3. The first-order valence-corrected chi connectivity index (χ1v) is 9.80. The normalized spacial score (nSPS) is 11.5. The summed E-state index contributed by atoms with van der Waals surface area (Å²) in [5.74, 6) is 1.22. The van der Waals surface area contributed by atoms with Gasteiger partial charge in [0, 0.05) is 22.5 Å². The Balaban J connectivity index is 1.77. The molecule has 0 aliphatic rings. The van der Waals surface area contributed by atoms with Crippen LogP contribution < -0.4 is 4.74 Å². The average molecular weight is 425 g/mol. The van der Waals surface area contributed by atoms with Crippen molar-refractivity contribution in [2.75, 3.05) is 0 Å². The quantitative estimate of drug-likeness (QED) is 0.322. The summed E-state index contributed by atoms with van der Waals surface area (Å²) in [6.07, 6.45) is -3.69. The third kappa shape index (κ3) is 5.62. The molecule has 3 rings (SSSR count). The molecular formula is C20H16ClF3N2OS. The Hall–Kier alpha value is -2.25. The van der Waals surface area contributed by atoms with Crippen LogP contribution in [0.5, 0.6) is 11.6 Å². The molecule has 0 spiro atoms. The Labute approximate surface area is 169 Å². The van der Waals surface area contributed by atoms with Crippen LogP contribution in [0.25, 0.3) is 0 Å². The number of hydrogen-bond donors (Lipinski definition) is 0. The molecule has 0 unspecified atom stereocenters. The summed E-state index contributed by atoms with van der Waals surface area (Å²) in [5.41, 5.74) is 0.653. The van der Waals surface area contributed by atoms with Crippen LogP contribution in [0.2, 0.25) is 5.02 Å². The smallest absolute Gasteiger partial charge is 0.416 e. The van der Waals surface area contributed by atoms with Crippen LogP contribution in [0, 0.1) is 0 Å². The van der Waals surface area contributed by atoms with Gasteiger partial charge in [0.2, 0.25) is 5.88 Å². The lowest BCUT2D eigenvalue weighted by Crippen LogP contribution is -2.05. The van der Waals surface area contributed by atoms with Gasteiger partial charge in [-0.25, -0.2) is 4.98 Å². The van der Waals surface area contributed by atoms with Gasteiger partial charge in [-0.05, 0) is 36.2 Å². The highest BCUT2D eigenvalue weighted by Gasteiger charge is 2.30. The predicted octanol–water partition coefficient (Wildman–Crippen LogP) is 6.80. The molecule has 0 radical (unpaired) electrons. The lowest BCUT2D eigenvalue weighted by atomic mass is 10.1. The lowest BCUT2D eigenvalue weighted by molar-refractivity contribution is -0.137. The van der Waals surface area contributed by atoms with Crippen molar-refractivity contribution in [2.45, 2.75) is 30.4 Å². The third-order valence-corrected chi connectivity index (χ3v) is 4.89. The van der Waals surface area contributed by atoms with Gasteiger partial charge in [-0.3, -0.25) is 0 Å². The van der Waals surface area contributed by atoms with E-state index in [1.807, 2.05) is 6.92 Å². The number of rotatable bonds is 6. The van der Waals surface area contributed by atoms with E-state index < -0.39 is 11.7 Å². The molecule has 0 fully saturated rings. The molecule has 0 atom stereocenters. The van der Waals surface area contributed by atoms with Crippen molar-refractivity contribution in [3.63, 3.8) is 0 Å². The van der Waals surface area contributed by atoms with Crippen molar-refractivity contribution in [3.05, 3.63) is 76.4 Å². The molecule has 0 N–H and O–H groups in total. The van der Waals surface area contributed by atoms with Crippen LogP contribution in [0.1, 0.15) is 23.7 Å². The van der Waals surface area contributed by atoms with Gasteiger partial charge >= 0.3 is 6.18 Å². The molecule has 28 heavy (non-hydrogen) atoms. The molecule has 146 valence electrons. The Morgan fingerprint density at radius 3 is 2.54 bits per heavy atom. The molecule has 2 aromatic carbocycles. The molecule has 1 aromatic heterocycles. The zero-order valence-electron chi connectivity index (χ0n) is 14.8. The van der Waals surface area contributed by atoms with Crippen molar-refractivity contribution in [1.82, 2.24) is 9.97 Å². The fourth-order valence-corrected chi connectivity index (χ4v) is 3.38. The monoisotopic (exact) mass is 424 g/mol. The fourth-order valence-electron chi connectivity index (χ4n) is 2.38. The van der Waals surface area contributed by atoms with Crippen molar-refractivity contribution in [2.24, 2.45) is 0 Å². The van der Waals surface area contributed by atoms with Crippen molar-refractivity contribution in [1.29, 1.82) is 0 Å². The molecule has 1 heterocycles. The maximum Gasteiger partial charge on any atom is 0.416 e. The summed E-state index contributed by atoms with van der Waals surface area (Å²) in [5, 5.41) is 0.982. The van der Waals surface area contributed by atoms with Gasteiger partial charge in [0.25, 0.3) is 0 Å². The van der Waals surface area contributed by atoms with Crippen molar-refractivity contribution in [3.8, 4) is 11.6 Å². The highest BCUT2D eigenvalue weighted by atomic mass is 35.5. The molecule has 8 heteroatoms. The number of halogens is 4. The number of alkyl halides is 3. The Morgan fingerprint density at radius 1 is 1.04 bits per heavy atom. The highest BCUT2D eigenvalue weighted by Crippen LogP contribution is 2.31. The summed E-state index contributed by atoms with van der Waals surface area (Å²) >= 11 is 7.22. The second-order valence-corrected chi connectivity index (χ2v) is 7.26. The van der Waals surface area contributed by atoms with Gasteiger partial charge in [0.1, 0.15) is 5.75 Å². The van der Waals surface area contributed by atoms with Gasteiger partial charge in [-0.2, -0.15) is 18.2 Å². The lowest BCUT2D eigenvalue weighted by Gasteiger charge is -2.10. The maximum absolute atomic E-state index is 12.9. The second-order valence-electron chi connectivity index (χ2n) is 5.88. The van der Waals surface area contributed by atoms with Crippen molar-refractivity contribution >= 4 is 23.4 Å². The third-order valence-electron chi connectivity index (χ3n) is 3.74. The number of thioether (sulfide) groups is 1. The van der Waals surface area contributed by atoms with Gasteiger partial charge in [0.05, 0.1) is 5.56 Å². The average Bonchev–Trinajstić information content (AvgIpc) is 2.66. The van der Waals surface area contributed by atoms with Gasteiger partial charge < -0.3 is 4.74 Å². The van der Waals surface area contributed by atoms with Gasteiger partial charge in [0.15, 0.2) is 5.16 Å². The largest absolute Gasteiger partial charge is 0.439 e. The van der Waals surface area contributed by atoms with Crippen LogP contribution in [0.15, 0.2) is 59.8 Å². The molecule has 0 aliphatic heterocycles. The van der Waals surface area contributed by atoms with E-state index in [-0.39, 0.29) is 0 Å². The highest BCUT2D eigenvalue weighted by molar-refractivity contribution is 7.98. The number of aromatic nitrogens is 2. The maximum atomic E-state index is 12.9. The molecule has 0 saturated carbocycles. The Bertz CT molecular complexity index is 966. The van der Waals surface area contributed by atoms with Crippen LogP contribution in [0.4, 0.5) is 13.2 Å². The van der Waals surface area contributed by atoms with Crippen LogP contribution in [-0.2, 0) is 18.3 Å². The Kier molecular flexibility index (Phi) is 6.46. The SMILES string of the molecule is CCc1cc(Oc2cccc(Cl)c2)nc(SCc2cccc(C(F)(F)F)c2)n1. The Morgan fingerprint density at radius 2 is 1.82 bits per heavy atom. The van der Waals surface area contributed by atoms with Crippen LogP contribution in [0.3, 0.4) is 0 Å². The van der Waals surface area contributed by atoms with E-state index in [0.717, 1.165) is 17.8 Å². The molecule has 3 aromatic rings. The van der Waals surface area contributed by atoms with E-state index in [9.17, 15) is 13.2 Å². The van der Waals surface area contributed by atoms with E-state index in [0.29, 0.717) is 39.5 Å². The number of benzene rings is 2. The first-order valence-electron chi connectivity index (χ1n) is 8.44. The molecule has 0 bridgehead atoms. The second kappa shape index (κ2) is 8.84. The molecule has 0 amide bonds. The number of ether oxygens (including phenoxy) is 1. The zero-order chi connectivity index (χ0) is 20.1. The molecule has 0 aliphatic carbocycles. The minimum Gasteiger partial charge on any atom is -0.439 e. The van der Waals surface area contributed by atoms with Crippen molar-refractivity contribution < 1.29 is 17.9 Å². The predicted molar refractivity (Wildman–Crippen MR) is 104 cm³/mol. The van der Waals surface area contributed by atoms with E-state index in [1.165, 1.54) is 17.8 Å². The van der Waals surface area contributed by atoms with Crippen LogP contribution >= 0.6 is 23.4 Å². The van der Waals surface area contributed by atoms with Crippen LogP contribution in [-0.4, -0.2) is 9.97 Å². The summed E-state index contributed by atoms with van der Waals surface area (Å²) < 4.78 is 44.3. The summed E-state index contributed by atoms with van der Waals surface area (Å²) in [7, 11) is 0. The minimum atomic E-state index is -4.36. The molecular weight excluding hydrogens is 409 g/mol.